The number of piperidine rings is 1. The largest absolute Gasteiger partial charge is 0.303 e. The highest BCUT2D eigenvalue weighted by Gasteiger charge is 2.44. The Morgan fingerprint density at radius 3 is 2.16 bits per heavy atom. The Bertz CT molecular complexity index is 332. The quantitative estimate of drug-likeness (QED) is 0.722. The minimum absolute atomic E-state index is 0.509. The zero-order chi connectivity index (χ0) is 13.9. The van der Waals surface area contributed by atoms with Crippen molar-refractivity contribution in [2.45, 2.75) is 40.5 Å². The van der Waals surface area contributed by atoms with Gasteiger partial charge in [-0.15, -0.1) is 0 Å². The molecule has 0 radical (unpaired) electrons. The third-order valence-corrected chi connectivity index (χ3v) is 4.35. The second-order valence-corrected chi connectivity index (χ2v) is 7.32. The fourth-order valence-electron chi connectivity index (χ4n) is 3.42. The van der Waals surface area contributed by atoms with Gasteiger partial charge in [0.05, 0.1) is 6.54 Å². The molecule has 2 aliphatic heterocycles. The summed E-state index contributed by atoms with van der Waals surface area (Å²) >= 11 is 0. The molecule has 0 aromatic rings. The molecule has 2 heteroatoms. The smallest absolute Gasteiger partial charge is 0.0602 e. The second-order valence-electron chi connectivity index (χ2n) is 7.32. The molecular weight excluding hydrogens is 232 g/mol. The van der Waals surface area contributed by atoms with E-state index in [9.17, 15) is 0 Å². The van der Waals surface area contributed by atoms with Crippen molar-refractivity contribution < 1.29 is 0 Å². The van der Waals surface area contributed by atoms with Gasteiger partial charge in [-0.3, -0.25) is 4.90 Å². The molecule has 0 atom stereocenters. The van der Waals surface area contributed by atoms with Gasteiger partial charge in [0.15, 0.2) is 0 Å². The number of hydrogen-bond donors (Lipinski definition) is 0. The summed E-state index contributed by atoms with van der Waals surface area (Å²) in [7, 11) is 0. The average molecular weight is 262 g/mol. The van der Waals surface area contributed by atoms with Crippen LogP contribution in [0.25, 0.3) is 0 Å². The molecule has 108 valence electrons. The minimum Gasteiger partial charge on any atom is -0.303 e. The predicted molar refractivity (Wildman–Crippen MR) is 82.0 cm³/mol. The van der Waals surface area contributed by atoms with Crippen molar-refractivity contribution in [3.63, 3.8) is 0 Å². The summed E-state index contributed by atoms with van der Waals surface area (Å²) in [5, 5.41) is 0. The molecule has 2 saturated heterocycles. The van der Waals surface area contributed by atoms with E-state index in [1.807, 2.05) is 0 Å². The van der Waals surface area contributed by atoms with Crippen LogP contribution in [0.1, 0.15) is 40.5 Å². The van der Waals surface area contributed by atoms with Gasteiger partial charge in [0.25, 0.3) is 0 Å². The van der Waals surface area contributed by atoms with Crippen LogP contribution >= 0.6 is 0 Å². The molecule has 0 unspecified atom stereocenters. The lowest BCUT2D eigenvalue weighted by atomic mass is 9.72. The summed E-state index contributed by atoms with van der Waals surface area (Å²) in [6, 6.07) is 0. The minimum atomic E-state index is 0.509. The van der Waals surface area contributed by atoms with Crippen molar-refractivity contribution in [3.8, 4) is 11.8 Å². The summed E-state index contributed by atoms with van der Waals surface area (Å²) in [5.41, 5.74) is 0.646. The van der Waals surface area contributed by atoms with E-state index in [0.717, 1.165) is 12.5 Å². The highest BCUT2D eigenvalue weighted by atomic mass is 15.2. The van der Waals surface area contributed by atoms with Crippen LogP contribution < -0.4 is 0 Å². The Balaban J connectivity index is 1.68. The monoisotopic (exact) mass is 262 g/mol. The maximum Gasteiger partial charge on any atom is 0.0602 e. The van der Waals surface area contributed by atoms with E-state index >= 15 is 0 Å². The van der Waals surface area contributed by atoms with Crippen LogP contribution in [0.15, 0.2) is 0 Å². The van der Waals surface area contributed by atoms with Crippen LogP contribution in [-0.4, -0.2) is 49.1 Å². The summed E-state index contributed by atoms with van der Waals surface area (Å²) in [4.78, 5) is 5.17. The van der Waals surface area contributed by atoms with Crippen molar-refractivity contribution in [2.24, 2.45) is 17.3 Å². The lowest BCUT2D eigenvalue weighted by Crippen LogP contribution is -2.60. The van der Waals surface area contributed by atoms with E-state index in [1.54, 1.807) is 0 Å². The maximum atomic E-state index is 3.31. The van der Waals surface area contributed by atoms with E-state index in [0.29, 0.717) is 11.3 Å². The topological polar surface area (TPSA) is 6.48 Å². The van der Waals surface area contributed by atoms with Gasteiger partial charge in [-0.1, -0.05) is 39.5 Å². The van der Waals surface area contributed by atoms with Gasteiger partial charge < -0.3 is 4.90 Å². The van der Waals surface area contributed by atoms with Gasteiger partial charge in [0.1, 0.15) is 0 Å². The Morgan fingerprint density at radius 2 is 1.63 bits per heavy atom. The normalized spacial score (nSPS) is 23.5. The SMILES string of the molecule is CC(C)C#CCN1CC2(CCN(CC(C)C)CC2)C1. The van der Waals surface area contributed by atoms with Crippen molar-refractivity contribution >= 4 is 0 Å². The first-order valence-corrected chi connectivity index (χ1v) is 7.92. The fourth-order valence-corrected chi connectivity index (χ4v) is 3.42. The highest BCUT2D eigenvalue weighted by Crippen LogP contribution is 2.40. The molecule has 2 fully saturated rings. The van der Waals surface area contributed by atoms with Gasteiger partial charge in [-0.2, -0.15) is 0 Å². The standard InChI is InChI=1S/C17H30N2/c1-15(2)6-5-9-19-13-17(14-19)7-10-18(11-8-17)12-16(3)4/h15-16H,7-14H2,1-4H3. The molecule has 2 nitrogen and oxygen atoms in total. The molecule has 19 heavy (non-hydrogen) atoms. The molecule has 0 saturated carbocycles. The van der Waals surface area contributed by atoms with Gasteiger partial charge in [0.2, 0.25) is 0 Å². The lowest BCUT2D eigenvalue weighted by Gasteiger charge is -2.54. The third kappa shape index (κ3) is 4.23. The molecule has 0 aromatic carbocycles. The van der Waals surface area contributed by atoms with Crippen molar-refractivity contribution in [3.05, 3.63) is 0 Å². The number of rotatable bonds is 3. The zero-order valence-electron chi connectivity index (χ0n) is 13.2. The van der Waals surface area contributed by atoms with Crippen LogP contribution in [0, 0.1) is 29.1 Å². The van der Waals surface area contributed by atoms with E-state index in [2.05, 4.69) is 49.3 Å². The first kappa shape index (κ1) is 14.9. The molecule has 0 amide bonds. The highest BCUT2D eigenvalue weighted by molar-refractivity contribution is 5.07. The maximum absolute atomic E-state index is 3.31. The summed E-state index contributed by atoms with van der Waals surface area (Å²) in [6.45, 7) is 16.4. The van der Waals surface area contributed by atoms with Crippen molar-refractivity contribution in [2.75, 3.05) is 39.3 Å². The van der Waals surface area contributed by atoms with E-state index < -0.39 is 0 Å². The summed E-state index contributed by atoms with van der Waals surface area (Å²) < 4.78 is 0. The molecule has 0 bridgehead atoms. The predicted octanol–water partition coefficient (Wildman–Crippen LogP) is 2.70. The first-order chi connectivity index (χ1) is 8.99. The Kier molecular flexibility index (Phi) is 4.92. The van der Waals surface area contributed by atoms with Crippen LogP contribution in [0.5, 0.6) is 0 Å². The first-order valence-electron chi connectivity index (χ1n) is 7.92. The van der Waals surface area contributed by atoms with E-state index in [1.165, 1.54) is 45.6 Å². The number of hydrogen-bond acceptors (Lipinski definition) is 2. The molecule has 1 spiro atoms. The summed E-state index contributed by atoms with van der Waals surface area (Å²) in [6.07, 6.45) is 2.79. The number of nitrogens with zero attached hydrogens (tertiary/aromatic N) is 2. The Morgan fingerprint density at radius 1 is 1.00 bits per heavy atom. The second kappa shape index (κ2) is 6.29. The summed E-state index contributed by atoms with van der Waals surface area (Å²) in [5.74, 6) is 7.89. The van der Waals surface area contributed by atoms with E-state index in [4.69, 9.17) is 0 Å². The molecule has 2 rings (SSSR count). The lowest BCUT2D eigenvalue weighted by molar-refractivity contribution is -0.0404. The molecule has 0 aromatic heterocycles. The third-order valence-electron chi connectivity index (χ3n) is 4.35. The van der Waals surface area contributed by atoms with Gasteiger partial charge in [0, 0.05) is 25.6 Å². The Labute approximate surface area is 119 Å². The Hall–Kier alpha value is -0.520. The van der Waals surface area contributed by atoms with Gasteiger partial charge >= 0.3 is 0 Å². The molecule has 2 aliphatic rings. The number of likely N-dealkylation sites (tertiary alicyclic amines) is 2. The molecule has 0 aliphatic carbocycles. The average Bonchev–Trinajstić information content (AvgIpc) is 2.28. The van der Waals surface area contributed by atoms with Gasteiger partial charge in [-0.05, 0) is 37.3 Å². The van der Waals surface area contributed by atoms with Crippen LogP contribution in [0.2, 0.25) is 0 Å². The fraction of sp³-hybridized carbons (Fsp3) is 0.882. The van der Waals surface area contributed by atoms with E-state index in [-0.39, 0.29) is 0 Å². The van der Waals surface area contributed by atoms with Crippen molar-refractivity contribution in [1.82, 2.24) is 9.80 Å². The van der Waals surface area contributed by atoms with Crippen LogP contribution in [-0.2, 0) is 0 Å². The van der Waals surface area contributed by atoms with Crippen LogP contribution in [0.3, 0.4) is 0 Å². The molecular formula is C17H30N2. The molecule has 2 heterocycles. The van der Waals surface area contributed by atoms with Gasteiger partial charge in [-0.25, -0.2) is 0 Å². The zero-order valence-corrected chi connectivity index (χ0v) is 13.2. The van der Waals surface area contributed by atoms with Crippen LogP contribution in [0.4, 0.5) is 0 Å². The molecule has 0 N–H and O–H groups in total. The van der Waals surface area contributed by atoms with Crippen molar-refractivity contribution in [1.29, 1.82) is 0 Å².